The van der Waals surface area contributed by atoms with Gasteiger partial charge >= 0.3 is 0 Å². The zero-order valence-electron chi connectivity index (χ0n) is 9.72. The van der Waals surface area contributed by atoms with Crippen LogP contribution in [0.3, 0.4) is 0 Å². The second kappa shape index (κ2) is 5.50. The molecular weight excluding hydrogens is 254 g/mol. The smallest absolute Gasteiger partial charge is 0.232 e. The third-order valence-electron chi connectivity index (χ3n) is 2.14. The molecule has 0 bridgehead atoms. The molecule has 0 aliphatic heterocycles. The molecule has 94 valence electrons. The number of hydrogen-bond acceptors (Lipinski definition) is 6. The van der Waals surface area contributed by atoms with Crippen molar-refractivity contribution in [2.75, 3.05) is 18.2 Å². The highest BCUT2D eigenvalue weighted by Crippen LogP contribution is 2.19. The van der Waals surface area contributed by atoms with Gasteiger partial charge in [0.2, 0.25) is 11.9 Å². The molecule has 2 aromatic rings. The summed E-state index contributed by atoms with van der Waals surface area (Å²) in [5.41, 5.74) is 6.35. The number of aromatic nitrogens is 3. The monoisotopic (exact) mass is 265 g/mol. The average molecular weight is 266 g/mol. The van der Waals surface area contributed by atoms with Crippen molar-refractivity contribution >= 4 is 29.2 Å². The number of nitrogens with zero attached hydrogens (tertiary/aromatic N) is 3. The van der Waals surface area contributed by atoms with Crippen LogP contribution in [0, 0.1) is 0 Å². The Labute approximate surface area is 109 Å². The number of hydrogen-bond donors (Lipinski definition) is 2. The lowest BCUT2D eigenvalue weighted by Crippen LogP contribution is -2.06. The van der Waals surface area contributed by atoms with Crippen LogP contribution >= 0.6 is 11.6 Å². The number of benzene rings is 1. The maximum absolute atomic E-state index is 5.67. The molecule has 7 heteroatoms. The number of rotatable bonds is 4. The lowest BCUT2D eigenvalue weighted by molar-refractivity contribution is 0.415. The predicted octanol–water partition coefficient (Wildman–Crippen LogP) is 1.94. The minimum absolute atomic E-state index is 0.131. The van der Waals surface area contributed by atoms with Gasteiger partial charge in [0.15, 0.2) is 5.82 Å². The van der Waals surface area contributed by atoms with Crippen LogP contribution in [-0.4, -0.2) is 22.1 Å². The Morgan fingerprint density at radius 1 is 1.33 bits per heavy atom. The van der Waals surface area contributed by atoms with E-state index in [2.05, 4.69) is 20.3 Å². The number of methoxy groups -OCH3 is 1. The molecule has 0 unspecified atom stereocenters. The zero-order chi connectivity index (χ0) is 13.0. The van der Waals surface area contributed by atoms with Crippen LogP contribution in [0.1, 0.15) is 5.82 Å². The van der Waals surface area contributed by atoms with Gasteiger partial charge in [0.1, 0.15) is 5.75 Å². The first-order valence-corrected chi connectivity index (χ1v) is 5.72. The van der Waals surface area contributed by atoms with Gasteiger partial charge in [-0.25, -0.2) is 0 Å². The molecule has 0 amide bonds. The molecule has 1 aromatic heterocycles. The van der Waals surface area contributed by atoms with Crippen molar-refractivity contribution in [3.63, 3.8) is 0 Å². The van der Waals surface area contributed by atoms with Crippen LogP contribution in [0.5, 0.6) is 5.75 Å². The van der Waals surface area contributed by atoms with E-state index in [1.165, 1.54) is 0 Å². The molecule has 18 heavy (non-hydrogen) atoms. The van der Waals surface area contributed by atoms with Crippen LogP contribution < -0.4 is 15.8 Å². The largest absolute Gasteiger partial charge is 0.497 e. The van der Waals surface area contributed by atoms with Crippen LogP contribution in [0.15, 0.2) is 24.3 Å². The number of halogens is 1. The topological polar surface area (TPSA) is 86.0 Å². The van der Waals surface area contributed by atoms with Gasteiger partial charge in [-0.1, -0.05) is 6.07 Å². The van der Waals surface area contributed by atoms with E-state index in [0.717, 1.165) is 11.4 Å². The van der Waals surface area contributed by atoms with E-state index in [4.69, 9.17) is 22.1 Å². The number of anilines is 3. The summed E-state index contributed by atoms with van der Waals surface area (Å²) in [6, 6.07) is 7.38. The van der Waals surface area contributed by atoms with Gasteiger partial charge in [-0.2, -0.15) is 15.0 Å². The van der Waals surface area contributed by atoms with Crippen molar-refractivity contribution < 1.29 is 4.74 Å². The van der Waals surface area contributed by atoms with E-state index >= 15 is 0 Å². The van der Waals surface area contributed by atoms with E-state index in [9.17, 15) is 0 Å². The van der Waals surface area contributed by atoms with Crippen molar-refractivity contribution in [3.8, 4) is 5.75 Å². The molecule has 0 radical (unpaired) electrons. The van der Waals surface area contributed by atoms with E-state index in [1.54, 1.807) is 7.11 Å². The molecule has 0 atom stereocenters. The Hall–Kier alpha value is -2.08. The van der Waals surface area contributed by atoms with Crippen LogP contribution in [0.25, 0.3) is 0 Å². The van der Waals surface area contributed by atoms with Gasteiger partial charge in [-0.15, -0.1) is 11.6 Å². The van der Waals surface area contributed by atoms with Gasteiger partial charge in [0, 0.05) is 11.8 Å². The highest BCUT2D eigenvalue weighted by atomic mass is 35.5. The van der Waals surface area contributed by atoms with Crippen molar-refractivity contribution in [1.82, 2.24) is 15.0 Å². The van der Waals surface area contributed by atoms with Crippen molar-refractivity contribution in [2.45, 2.75) is 5.88 Å². The fourth-order valence-electron chi connectivity index (χ4n) is 1.38. The second-order valence-electron chi connectivity index (χ2n) is 3.42. The number of nitrogen functional groups attached to an aromatic ring is 1. The fraction of sp³-hybridized carbons (Fsp3) is 0.182. The van der Waals surface area contributed by atoms with Gasteiger partial charge in [-0.3, -0.25) is 0 Å². The zero-order valence-corrected chi connectivity index (χ0v) is 10.5. The highest BCUT2D eigenvalue weighted by molar-refractivity contribution is 6.16. The predicted molar refractivity (Wildman–Crippen MR) is 70.1 cm³/mol. The van der Waals surface area contributed by atoms with Crippen molar-refractivity contribution in [3.05, 3.63) is 30.1 Å². The Bertz CT molecular complexity index is 549. The Balaban J connectivity index is 2.24. The summed E-state index contributed by atoms with van der Waals surface area (Å²) >= 11 is 5.67. The van der Waals surface area contributed by atoms with Crippen LogP contribution in [0.4, 0.5) is 17.6 Å². The minimum atomic E-state index is 0.131. The van der Waals surface area contributed by atoms with Crippen molar-refractivity contribution in [2.24, 2.45) is 0 Å². The Kier molecular flexibility index (Phi) is 3.78. The first-order valence-electron chi connectivity index (χ1n) is 5.18. The van der Waals surface area contributed by atoms with Gasteiger partial charge < -0.3 is 15.8 Å². The van der Waals surface area contributed by atoms with E-state index in [-0.39, 0.29) is 11.8 Å². The lowest BCUT2D eigenvalue weighted by atomic mass is 10.3. The van der Waals surface area contributed by atoms with Crippen LogP contribution in [-0.2, 0) is 5.88 Å². The average Bonchev–Trinajstić information content (AvgIpc) is 2.38. The number of nitrogens with two attached hydrogens (primary N) is 1. The molecule has 0 aliphatic rings. The van der Waals surface area contributed by atoms with E-state index in [1.807, 2.05) is 24.3 Å². The first kappa shape index (κ1) is 12.4. The lowest BCUT2D eigenvalue weighted by Gasteiger charge is -2.07. The van der Waals surface area contributed by atoms with Crippen LogP contribution in [0.2, 0.25) is 0 Å². The summed E-state index contributed by atoms with van der Waals surface area (Å²) in [6.45, 7) is 0. The number of ether oxygens (including phenoxy) is 1. The molecule has 6 nitrogen and oxygen atoms in total. The maximum atomic E-state index is 5.67. The van der Waals surface area contributed by atoms with Crippen molar-refractivity contribution in [1.29, 1.82) is 0 Å². The normalized spacial score (nSPS) is 10.1. The maximum Gasteiger partial charge on any atom is 0.232 e. The summed E-state index contributed by atoms with van der Waals surface area (Å²) in [6.07, 6.45) is 0. The van der Waals surface area contributed by atoms with Gasteiger partial charge in [0.25, 0.3) is 0 Å². The number of alkyl halides is 1. The third kappa shape index (κ3) is 2.98. The summed E-state index contributed by atoms with van der Waals surface area (Å²) < 4.78 is 5.12. The van der Waals surface area contributed by atoms with Gasteiger partial charge in [-0.05, 0) is 12.1 Å². The molecule has 0 saturated heterocycles. The molecule has 3 N–H and O–H groups in total. The molecule has 1 aromatic carbocycles. The molecule has 0 saturated carbocycles. The highest BCUT2D eigenvalue weighted by Gasteiger charge is 2.04. The fourth-order valence-corrected chi connectivity index (χ4v) is 1.50. The SMILES string of the molecule is COc1cccc(Nc2nc(N)nc(CCl)n2)c1. The first-order chi connectivity index (χ1) is 8.71. The Morgan fingerprint density at radius 3 is 2.89 bits per heavy atom. The summed E-state index contributed by atoms with van der Waals surface area (Å²) in [5, 5.41) is 3.01. The molecule has 2 rings (SSSR count). The molecule has 0 spiro atoms. The summed E-state index contributed by atoms with van der Waals surface area (Å²) in [5.74, 6) is 1.83. The molecular formula is C11H12ClN5O. The third-order valence-corrected chi connectivity index (χ3v) is 2.38. The molecule has 1 heterocycles. The standard InChI is InChI=1S/C11H12ClN5O/c1-18-8-4-2-3-7(5-8)14-11-16-9(6-12)15-10(13)17-11/h2-5H,6H2,1H3,(H3,13,14,15,16,17). The molecule has 0 aliphatic carbocycles. The van der Waals surface area contributed by atoms with E-state index < -0.39 is 0 Å². The second-order valence-corrected chi connectivity index (χ2v) is 3.69. The summed E-state index contributed by atoms with van der Waals surface area (Å²) in [4.78, 5) is 12.0. The summed E-state index contributed by atoms with van der Waals surface area (Å²) in [7, 11) is 1.60. The quantitative estimate of drug-likeness (QED) is 0.822. The van der Waals surface area contributed by atoms with E-state index in [0.29, 0.717) is 11.8 Å². The number of nitrogens with one attached hydrogen (secondary N) is 1. The minimum Gasteiger partial charge on any atom is -0.497 e. The Morgan fingerprint density at radius 2 is 2.17 bits per heavy atom. The van der Waals surface area contributed by atoms with Gasteiger partial charge in [0.05, 0.1) is 13.0 Å². The molecule has 0 fully saturated rings.